The molecule has 0 heterocycles. The van der Waals surface area contributed by atoms with Gasteiger partial charge in [-0.25, -0.2) is 0 Å². The van der Waals surface area contributed by atoms with E-state index in [1.54, 1.807) is 36.4 Å². The molecule has 2 amide bonds. The molecule has 5 heteroatoms. The van der Waals surface area contributed by atoms with Crippen LogP contribution in [0.2, 0.25) is 5.02 Å². The van der Waals surface area contributed by atoms with Gasteiger partial charge >= 0.3 is 0 Å². The minimum absolute atomic E-state index is 0.210. The first-order valence-electron chi connectivity index (χ1n) is 7.47. The third-order valence-corrected chi connectivity index (χ3v) is 3.64. The van der Waals surface area contributed by atoms with Gasteiger partial charge < -0.3 is 10.6 Å². The Kier molecular flexibility index (Phi) is 5.77. The number of carbonyl (C=O) groups excluding carboxylic acids is 2. The molecule has 0 atom stereocenters. The maximum Gasteiger partial charge on any atom is 0.257 e. The Hall–Kier alpha value is -2.33. The Labute approximate surface area is 140 Å². The second-order valence-electron chi connectivity index (χ2n) is 5.24. The van der Waals surface area contributed by atoms with Crippen LogP contribution in [0.1, 0.15) is 39.6 Å². The molecule has 2 N–H and O–H groups in total. The number of carbonyl (C=O) groups is 2. The Morgan fingerprint density at radius 1 is 1.04 bits per heavy atom. The van der Waals surface area contributed by atoms with E-state index in [-0.39, 0.29) is 11.8 Å². The van der Waals surface area contributed by atoms with Gasteiger partial charge in [0.2, 0.25) is 0 Å². The molecular weight excluding hydrogens is 312 g/mol. The van der Waals surface area contributed by atoms with E-state index in [2.05, 4.69) is 10.6 Å². The molecule has 23 heavy (non-hydrogen) atoms. The monoisotopic (exact) mass is 330 g/mol. The third-order valence-electron chi connectivity index (χ3n) is 3.32. The van der Waals surface area contributed by atoms with E-state index in [0.29, 0.717) is 28.4 Å². The number of anilines is 1. The van der Waals surface area contributed by atoms with Crippen molar-refractivity contribution >= 4 is 29.1 Å². The van der Waals surface area contributed by atoms with E-state index in [1.165, 1.54) is 0 Å². The summed E-state index contributed by atoms with van der Waals surface area (Å²) in [4.78, 5) is 24.6. The van der Waals surface area contributed by atoms with Crippen molar-refractivity contribution < 1.29 is 9.59 Å². The summed E-state index contributed by atoms with van der Waals surface area (Å²) in [6.07, 6.45) is 0.846. The molecule has 0 aromatic heterocycles. The number of nitrogens with one attached hydrogen (secondary N) is 2. The fourth-order valence-corrected chi connectivity index (χ4v) is 2.44. The molecule has 2 rings (SSSR count). The van der Waals surface area contributed by atoms with Crippen molar-refractivity contribution in [2.45, 2.75) is 20.3 Å². The topological polar surface area (TPSA) is 58.2 Å². The lowest BCUT2D eigenvalue weighted by molar-refractivity contribution is 0.0954. The predicted octanol–water partition coefficient (Wildman–Crippen LogP) is 4.04. The molecule has 0 bridgehead atoms. The first-order valence-corrected chi connectivity index (χ1v) is 7.85. The molecule has 120 valence electrons. The summed E-state index contributed by atoms with van der Waals surface area (Å²) in [5.41, 5.74) is 2.24. The Balaban J connectivity index is 2.23. The maximum atomic E-state index is 12.4. The highest BCUT2D eigenvalue weighted by molar-refractivity contribution is 6.34. The number of aryl methyl sites for hydroxylation is 1. The van der Waals surface area contributed by atoms with Crippen LogP contribution in [0.5, 0.6) is 0 Å². The maximum absolute atomic E-state index is 12.4. The van der Waals surface area contributed by atoms with Crippen LogP contribution in [0.15, 0.2) is 42.5 Å². The van der Waals surface area contributed by atoms with E-state index in [0.717, 1.165) is 12.0 Å². The summed E-state index contributed by atoms with van der Waals surface area (Å²) in [6.45, 7) is 4.47. The highest BCUT2D eigenvalue weighted by atomic mass is 35.5. The summed E-state index contributed by atoms with van der Waals surface area (Å²) in [5.74, 6) is -0.552. The largest absolute Gasteiger partial charge is 0.352 e. The molecule has 0 spiro atoms. The van der Waals surface area contributed by atoms with Crippen LogP contribution in [-0.2, 0) is 0 Å². The number of benzene rings is 2. The molecule has 0 aliphatic heterocycles. The van der Waals surface area contributed by atoms with Gasteiger partial charge in [-0.1, -0.05) is 36.7 Å². The van der Waals surface area contributed by atoms with Crippen molar-refractivity contribution in [3.05, 3.63) is 64.2 Å². The minimum atomic E-state index is -0.342. The first kappa shape index (κ1) is 17.0. The van der Waals surface area contributed by atoms with Crippen molar-refractivity contribution in [2.75, 3.05) is 11.9 Å². The van der Waals surface area contributed by atoms with E-state index in [4.69, 9.17) is 11.6 Å². The highest BCUT2D eigenvalue weighted by Crippen LogP contribution is 2.21. The quantitative estimate of drug-likeness (QED) is 0.869. The van der Waals surface area contributed by atoms with Crippen LogP contribution in [0.3, 0.4) is 0 Å². The summed E-state index contributed by atoms with van der Waals surface area (Å²) in [5, 5.41) is 5.95. The second kappa shape index (κ2) is 7.79. The predicted molar refractivity (Wildman–Crippen MR) is 93.2 cm³/mol. The third kappa shape index (κ3) is 4.33. The first-order chi connectivity index (χ1) is 11.0. The fraction of sp³-hybridized carbons (Fsp3) is 0.222. The molecule has 0 unspecified atom stereocenters. The lowest BCUT2D eigenvalue weighted by Gasteiger charge is -2.12. The van der Waals surface area contributed by atoms with Gasteiger partial charge in [0, 0.05) is 6.54 Å². The number of para-hydroxylation sites is 1. The van der Waals surface area contributed by atoms with E-state index < -0.39 is 0 Å². The summed E-state index contributed by atoms with van der Waals surface area (Å²) < 4.78 is 0. The van der Waals surface area contributed by atoms with Gasteiger partial charge in [0.1, 0.15) is 0 Å². The Morgan fingerprint density at radius 3 is 2.48 bits per heavy atom. The molecule has 0 aliphatic rings. The second-order valence-corrected chi connectivity index (χ2v) is 5.65. The SMILES string of the molecule is CCCNC(=O)c1ccccc1NC(=O)c1ccc(C)cc1Cl. The van der Waals surface area contributed by atoms with E-state index in [1.807, 2.05) is 19.9 Å². The number of halogens is 1. The lowest BCUT2D eigenvalue weighted by Crippen LogP contribution is -2.25. The minimum Gasteiger partial charge on any atom is -0.352 e. The molecular formula is C18H19ClN2O2. The van der Waals surface area contributed by atoms with Crippen LogP contribution in [-0.4, -0.2) is 18.4 Å². The molecule has 0 saturated carbocycles. The zero-order valence-corrected chi connectivity index (χ0v) is 13.9. The van der Waals surface area contributed by atoms with Crippen LogP contribution in [0.4, 0.5) is 5.69 Å². The summed E-state index contributed by atoms with van der Waals surface area (Å²) >= 11 is 6.12. The number of rotatable bonds is 5. The smallest absolute Gasteiger partial charge is 0.257 e. The van der Waals surface area contributed by atoms with Gasteiger partial charge in [-0.2, -0.15) is 0 Å². The number of hydrogen-bond acceptors (Lipinski definition) is 2. The summed E-state index contributed by atoms with van der Waals surface area (Å²) in [7, 11) is 0. The lowest BCUT2D eigenvalue weighted by atomic mass is 10.1. The van der Waals surface area contributed by atoms with Crippen LogP contribution >= 0.6 is 11.6 Å². The normalized spacial score (nSPS) is 10.2. The van der Waals surface area contributed by atoms with Crippen molar-refractivity contribution in [3.63, 3.8) is 0 Å². The average molecular weight is 331 g/mol. The van der Waals surface area contributed by atoms with Gasteiger partial charge in [-0.05, 0) is 43.2 Å². The summed E-state index contributed by atoms with van der Waals surface area (Å²) in [6, 6.07) is 12.1. The standard InChI is InChI=1S/C18H19ClN2O2/c1-3-10-20-17(22)14-6-4-5-7-16(14)21-18(23)13-9-8-12(2)11-15(13)19/h4-9,11H,3,10H2,1-2H3,(H,20,22)(H,21,23). The molecule has 2 aromatic rings. The van der Waals surface area contributed by atoms with Gasteiger partial charge in [0.15, 0.2) is 0 Å². The van der Waals surface area contributed by atoms with Gasteiger partial charge in [0.05, 0.1) is 21.8 Å². The number of amides is 2. The van der Waals surface area contributed by atoms with Gasteiger partial charge in [-0.3, -0.25) is 9.59 Å². The van der Waals surface area contributed by atoms with Gasteiger partial charge in [0.25, 0.3) is 11.8 Å². The van der Waals surface area contributed by atoms with Crippen molar-refractivity contribution in [2.24, 2.45) is 0 Å². The zero-order valence-electron chi connectivity index (χ0n) is 13.2. The van der Waals surface area contributed by atoms with Gasteiger partial charge in [-0.15, -0.1) is 0 Å². The Bertz CT molecular complexity index is 729. The average Bonchev–Trinajstić information content (AvgIpc) is 2.53. The van der Waals surface area contributed by atoms with E-state index in [9.17, 15) is 9.59 Å². The van der Waals surface area contributed by atoms with Crippen LogP contribution in [0.25, 0.3) is 0 Å². The highest BCUT2D eigenvalue weighted by Gasteiger charge is 2.15. The van der Waals surface area contributed by atoms with Crippen molar-refractivity contribution in [1.82, 2.24) is 5.32 Å². The molecule has 0 aliphatic carbocycles. The molecule has 0 saturated heterocycles. The van der Waals surface area contributed by atoms with E-state index >= 15 is 0 Å². The zero-order chi connectivity index (χ0) is 16.8. The molecule has 0 fully saturated rings. The van der Waals surface area contributed by atoms with Crippen LogP contribution < -0.4 is 10.6 Å². The van der Waals surface area contributed by atoms with Crippen molar-refractivity contribution in [3.8, 4) is 0 Å². The molecule has 0 radical (unpaired) electrons. The van der Waals surface area contributed by atoms with Crippen LogP contribution in [0, 0.1) is 6.92 Å². The number of hydrogen-bond donors (Lipinski definition) is 2. The molecule has 4 nitrogen and oxygen atoms in total. The van der Waals surface area contributed by atoms with Crippen molar-refractivity contribution in [1.29, 1.82) is 0 Å². The molecule has 2 aromatic carbocycles. The fourth-order valence-electron chi connectivity index (χ4n) is 2.12. The Morgan fingerprint density at radius 2 is 1.78 bits per heavy atom.